The second kappa shape index (κ2) is 4.28. The highest BCUT2D eigenvalue weighted by atomic mass is 79.9. The molecule has 0 saturated carbocycles. The summed E-state index contributed by atoms with van der Waals surface area (Å²) in [6, 6.07) is 2.21. The predicted octanol–water partition coefficient (Wildman–Crippen LogP) is 4.58. The zero-order valence-corrected chi connectivity index (χ0v) is 10.3. The Bertz CT molecular complexity index is 374. The van der Waals surface area contributed by atoms with Crippen LogP contribution >= 0.6 is 27.3 Å². The normalized spacial score (nSPS) is 16.1. The molecule has 0 spiro atoms. The SMILES string of the molecule is Cc1sc(C2C=CC=CC=C2)cc1Br. The van der Waals surface area contributed by atoms with Crippen molar-refractivity contribution in [2.24, 2.45) is 0 Å². The van der Waals surface area contributed by atoms with Crippen LogP contribution in [0.1, 0.15) is 15.7 Å². The van der Waals surface area contributed by atoms with E-state index in [1.165, 1.54) is 14.2 Å². The Kier molecular flexibility index (Phi) is 3.04. The summed E-state index contributed by atoms with van der Waals surface area (Å²) >= 11 is 5.40. The molecular weight excluding hydrogens is 256 g/mol. The van der Waals surface area contributed by atoms with Crippen molar-refractivity contribution >= 4 is 27.3 Å². The average Bonchev–Trinajstić information content (AvgIpc) is 2.46. The molecule has 2 rings (SSSR count). The molecule has 0 nitrogen and oxygen atoms in total. The summed E-state index contributed by atoms with van der Waals surface area (Å²) in [6.07, 6.45) is 12.8. The first-order valence-electron chi connectivity index (χ1n) is 4.55. The van der Waals surface area contributed by atoms with Gasteiger partial charge in [0.1, 0.15) is 0 Å². The summed E-state index contributed by atoms with van der Waals surface area (Å²) in [7, 11) is 0. The van der Waals surface area contributed by atoms with Gasteiger partial charge in [0.15, 0.2) is 0 Å². The maximum atomic E-state index is 3.55. The summed E-state index contributed by atoms with van der Waals surface area (Å²) in [5.74, 6) is 0.431. The van der Waals surface area contributed by atoms with Gasteiger partial charge in [0.25, 0.3) is 0 Å². The molecule has 1 aromatic heterocycles. The molecule has 0 aromatic carbocycles. The fraction of sp³-hybridized carbons (Fsp3) is 0.167. The third kappa shape index (κ3) is 2.07. The van der Waals surface area contributed by atoms with E-state index in [0.717, 1.165) is 0 Å². The highest BCUT2D eigenvalue weighted by Gasteiger charge is 2.09. The largest absolute Gasteiger partial charge is 0.144 e. The lowest BCUT2D eigenvalue weighted by Crippen LogP contribution is -1.84. The van der Waals surface area contributed by atoms with Crippen LogP contribution in [0.4, 0.5) is 0 Å². The van der Waals surface area contributed by atoms with Crippen molar-refractivity contribution in [2.75, 3.05) is 0 Å². The number of hydrogen-bond donors (Lipinski definition) is 0. The van der Waals surface area contributed by atoms with Crippen LogP contribution in [-0.4, -0.2) is 0 Å². The number of halogens is 1. The molecule has 0 radical (unpaired) electrons. The number of allylic oxidation sites excluding steroid dienone is 6. The zero-order valence-electron chi connectivity index (χ0n) is 7.91. The molecule has 0 N–H and O–H groups in total. The van der Waals surface area contributed by atoms with Gasteiger partial charge in [-0.1, -0.05) is 36.5 Å². The molecule has 1 aliphatic carbocycles. The second-order valence-electron chi connectivity index (χ2n) is 3.23. The minimum absolute atomic E-state index is 0.431. The molecule has 0 aliphatic heterocycles. The summed E-state index contributed by atoms with van der Waals surface area (Å²) in [5, 5.41) is 0. The Morgan fingerprint density at radius 3 is 2.29 bits per heavy atom. The van der Waals surface area contributed by atoms with E-state index in [9.17, 15) is 0 Å². The molecule has 1 aromatic rings. The minimum Gasteiger partial charge on any atom is -0.144 e. The Morgan fingerprint density at radius 1 is 1.14 bits per heavy atom. The van der Waals surface area contributed by atoms with Crippen LogP contribution in [0.2, 0.25) is 0 Å². The summed E-state index contributed by atoms with van der Waals surface area (Å²) in [4.78, 5) is 2.74. The molecule has 0 fully saturated rings. The number of thiophene rings is 1. The summed E-state index contributed by atoms with van der Waals surface area (Å²) in [6.45, 7) is 2.14. The lowest BCUT2D eigenvalue weighted by atomic mass is 10.1. The van der Waals surface area contributed by atoms with Gasteiger partial charge < -0.3 is 0 Å². The molecule has 0 atom stereocenters. The molecule has 0 saturated heterocycles. The Balaban J connectivity index is 2.31. The molecule has 72 valence electrons. The van der Waals surface area contributed by atoms with Crippen LogP contribution < -0.4 is 0 Å². The highest BCUT2D eigenvalue weighted by molar-refractivity contribution is 9.10. The van der Waals surface area contributed by atoms with Gasteiger partial charge in [-0.05, 0) is 28.9 Å². The summed E-state index contributed by atoms with van der Waals surface area (Å²) < 4.78 is 1.22. The van der Waals surface area contributed by atoms with Gasteiger partial charge in [-0.25, -0.2) is 0 Å². The van der Waals surface area contributed by atoms with Crippen molar-refractivity contribution in [1.82, 2.24) is 0 Å². The standard InChI is InChI=1S/C12H11BrS/c1-9-11(13)8-12(14-9)10-6-4-2-3-5-7-10/h2-8,10H,1H3. The van der Waals surface area contributed by atoms with Crippen LogP contribution in [-0.2, 0) is 0 Å². The van der Waals surface area contributed by atoms with E-state index in [1.807, 2.05) is 11.3 Å². The number of hydrogen-bond acceptors (Lipinski definition) is 1. The minimum atomic E-state index is 0.431. The van der Waals surface area contributed by atoms with E-state index < -0.39 is 0 Å². The van der Waals surface area contributed by atoms with E-state index in [0.29, 0.717) is 5.92 Å². The van der Waals surface area contributed by atoms with E-state index in [4.69, 9.17) is 0 Å². The van der Waals surface area contributed by atoms with Gasteiger partial charge in [-0.2, -0.15) is 0 Å². The third-order valence-electron chi connectivity index (χ3n) is 2.18. The molecule has 14 heavy (non-hydrogen) atoms. The van der Waals surface area contributed by atoms with Gasteiger partial charge in [-0.3, -0.25) is 0 Å². The van der Waals surface area contributed by atoms with Gasteiger partial charge in [0, 0.05) is 20.1 Å². The lowest BCUT2D eigenvalue weighted by Gasteiger charge is -2.02. The van der Waals surface area contributed by atoms with Crippen molar-refractivity contribution in [1.29, 1.82) is 0 Å². The van der Waals surface area contributed by atoms with E-state index in [1.54, 1.807) is 0 Å². The van der Waals surface area contributed by atoms with Gasteiger partial charge >= 0.3 is 0 Å². The van der Waals surface area contributed by atoms with Crippen molar-refractivity contribution in [3.63, 3.8) is 0 Å². The van der Waals surface area contributed by atoms with Crippen LogP contribution in [0.3, 0.4) is 0 Å². The molecule has 0 bridgehead atoms. The van der Waals surface area contributed by atoms with Gasteiger partial charge in [0.2, 0.25) is 0 Å². The smallest absolute Gasteiger partial charge is 0.0314 e. The summed E-state index contributed by atoms with van der Waals surface area (Å²) in [5.41, 5.74) is 0. The van der Waals surface area contributed by atoms with E-state index in [2.05, 4.69) is 65.4 Å². The Labute approximate surface area is 96.8 Å². The molecule has 2 heteroatoms. The second-order valence-corrected chi connectivity index (χ2v) is 5.38. The maximum absolute atomic E-state index is 3.55. The molecule has 1 aliphatic rings. The monoisotopic (exact) mass is 266 g/mol. The van der Waals surface area contributed by atoms with Gasteiger partial charge in [0.05, 0.1) is 0 Å². The predicted molar refractivity (Wildman–Crippen MR) is 66.9 cm³/mol. The van der Waals surface area contributed by atoms with Crippen LogP contribution in [0, 0.1) is 6.92 Å². The maximum Gasteiger partial charge on any atom is 0.0314 e. The molecular formula is C12H11BrS. The van der Waals surface area contributed by atoms with Gasteiger partial charge in [-0.15, -0.1) is 11.3 Å². The topological polar surface area (TPSA) is 0 Å². The highest BCUT2D eigenvalue weighted by Crippen LogP contribution is 2.33. The van der Waals surface area contributed by atoms with Crippen LogP contribution in [0.15, 0.2) is 47.0 Å². The third-order valence-corrected chi connectivity index (χ3v) is 4.41. The number of rotatable bonds is 1. The zero-order chi connectivity index (χ0) is 9.97. The first kappa shape index (κ1) is 9.94. The fourth-order valence-corrected chi connectivity index (χ4v) is 3.02. The first-order valence-corrected chi connectivity index (χ1v) is 6.16. The van der Waals surface area contributed by atoms with Crippen molar-refractivity contribution < 1.29 is 0 Å². The lowest BCUT2D eigenvalue weighted by molar-refractivity contribution is 1.13. The van der Waals surface area contributed by atoms with Crippen molar-refractivity contribution in [2.45, 2.75) is 12.8 Å². The molecule has 0 amide bonds. The van der Waals surface area contributed by atoms with E-state index >= 15 is 0 Å². The van der Waals surface area contributed by atoms with Crippen molar-refractivity contribution in [3.8, 4) is 0 Å². The quantitative estimate of drug-likeness (QED) is 0.698. The molecule has 1 heterocycles. The number of aryl methyl sites for hydroxylation is 1. The van der Waals surface area contributed by atoms with E-state index in [-0.39, 0.29) is 0 Å². The molecule has 0 unspecified atom stereocenters. The Morgan fingerprint density at radius 2 is 1.79 bits per heavy atom. The van der Waals surface area contributed by atoms with Crippen LogP contribution in [0.5, 0.6) is 0 Å². The van der Waals surface area contributed by atoms with Crippen LogP contribution in [0.25, 0.3) is 0 Å². The first-order chi connectivity index (χ1) is 6.77. The van der Waals surface area contributed by atoms with Crippen molar-refractivity contribution in [3.05, 3.63) is 56.7 Å². The Hall–Kier alpha value is -0.600. The average molecular weight is 267 g/mol. The fourth-order valence-electron chi connectivity index (χ4n) is 1.40.